The number of fused-ring (bicyclic) bond motifs is 1. The van der Waals surface area contributed by atoms with Crippen molar-refractivity contribution >= 4 is 11.1 Å². The molecule has 3 rings (SSSR count). The van der Waals surface area contributed by atoms with Crippen molar-refractivity contribution in [2.24, 2.45) is 0 Å². The molecule has 0 N–H and O–H groups in total. The van der Waals surface area contributed by atoms with E-state index >= 15 is 0 Å². The Bertz CT molecular complexity index is 735. The van der Waals surface area contributed by atoms with E-state index in [-0.39, 0.29) is 11.2 Å². The molecule has 2 aromatic carbocycles. The zero-order valence-electron chi connectivity index (χ0n) is 11.8. The van der Waals surface area contributed by atoms with Crippen LogP contribution in [0.5, 0.6) is 0 Å². The van der Waals surface area contributed by atoms with E-state index in [1.807, 2.05) is 51.1 Å². The Morgan fingerprint density at radius 2 is 1.75 bits per heavy atom. The molecule has 102 valence electrons. The third kappa shape index (κ3) is 2.09. The molecule has 1 aromatic heterocycles. The predicted molar refractivity (Wildman–Crippen MR) is 78.1 cm³/mol. The van der Waals surface area contributed by atoms with E-state index in [9.17, 15) is 4.39 Å². The third-order valence-electron chi connectivity index (χ3n) is 3.29. The summed E-state index contributed by atoms with van der Waals surface area (Å²) in [5.74, 6) is 0.243. The summed E-state index contributed by atoms with van der Waals surface area (Å²) in [4.78, 5) is 4.46. The molecule has 0 fully saturated rings. The van der Waals surface area contributed by atoms with Crippen LogP contribution in [0.15, 0.2) is 46.9 Å². The molecule has 1 heterocycles. The van der Waals surface area contributed by atoms with Crippen molar-refractivity contribution in [3.05, 3.63) is 53.8 Å². The van der Waals surface area contributed by atoms with Crippen molar-refractivity contribution in [2.45, 2.75) is 26.2 Å². The van der Waals surface area contributed by atoms with E-state index in [1.165, 1.54) is 6.07 Å². The SMILES string of the molecule is CC(C)(C)c1c(F)cccc1-c1nc2ccccc2o1. The lowest BCUT2D eigenvalue weighted by Gasteiger charge is -2.22. The molecule has 0 unspecified atom stereocenters. The molecule has 3 aromatic rings. The highest BCUT2D eigenvalue weighted by molar-refractivity contribution is 5.77. The minimum absolute atomic E-state index is 0.225. The number of halogens is 1. The Morgan fingerprint density at radius 1 is 1.00 bits per heavy atom. The molecule has 0 aliphatic rings. The van der Waals surface area contributed by atoms with Crippen molar-refractivity contribution in [3.63, 3.8) is 0 Å². The van der Waals surface area contributed by atoms with E-state index in [2.05, 4.69) is 4.98 Å². The summed E-state index contributed by atoms with van der Waals surface area (Å²) in [6.07, 6.45) is 0. The van der Waals surface area contributed by atoms with Gasteiger partial charge in [-0.3, -0.25) is 0 Å². The second-order valence-electron chi connectivity index (χ2n) is 5.90. The van der Waals surface area contributed by atoms with E-state index < -0.39 is 0 Å². The van der Waals surface area contributed by atoms with E-state index in [0.29, 0.717) is 22.6 Å². The molecule has 2 nitrogen and oxygen atoms in total. The van der Waals surface area contributed by atoms with Gasteiger partial charge in [0.15, 0.2) is 5.58 Å². The highest BCUT2D eigenvalue weighted by Gasteiger charge is 2.25. The van der Waals surface area contributed by atoms with Gasteiger partial charge in [-0.05, 0) is 29.7 Å². The van der Waals surface area contributed by atoms with Crippen LogP contribution in [-0.2, 0) is 5.41 Å². The van der Waals surface area contributed by atoms with Crippen molar-refractivity contribution in [2.75, 3.05) is 0 Å². The molecule has 20 heavy (non-hydrogen) atoms. The quantitative estimate of drug-likeness (QED) is 0.626. The zero-order chi connectivity index (χ0) is 14.3. The molecule has 0 saturated heterocycles. The molecular weight excluding hydrogens is 253 g/mol. The van der Waals surface area contributed by atoms with Crippen LogP contribution in [0.3, 0.4) is 0 Å². The first-order chi connectivity index (χ1) is 9.47. The van der Waals surface area contributed by atoms with Crippen molar-refractivity contribution < 1.29 is 8.81 Å². The lowest BCUT2D eigenvalue weighted by atomic mass is 9.83. The van der Waals surface area contributed by atoms with Crippen LogP contribution in [0, 0.1) is 5.82 Å². The van der Waals surface area contributed by atoms with Crippen LogP contribution in [-0.4, -0.2) is 4.98 Å². The van der Waals surface area contributed by atoms with Crippen LogP contribution in [0.4, 0.5) is 4.39 Å². The van der Waals surface area contributed by atoms with Gasteiger partial charge in [-0.25, -0.2) is 9.37 Å². The minimum Gasteiger partial charge on any atom is -0.436 e. The maximum Gasteiger partial charge on any atom is 0.227 e. The first kappa shape index (κ1) is 12.9. The summed E-state index contributed by atoms with van der Waals surface area (Å²) in [5, 5.41) is 0. The van der Waals surface area contributed by atoms with Crippen molar-refractivity contribution in [3.8, 4) is 11.5 Å². The molecule has 0 spiro atoms. The van der Waals surface area contributed by atoms with Gasteiger partial charge >= 0.3 is 0 Å². The summed E-state index contributed by atoms with van der Waals surface area (Å²) in [7, 11) is 0. The number of nitrogens with zero attached hydrogens (tertiary/aromatic N) is 1. The maximum atomic E-state index is 14.2. The fourth-order valence-electron chi connectivity index (χ4n) is 2.45. The van der Waals surface area contributed by atoms with E-state index in [4.69, 9.17) is 4.42 Å². The summed E-state index contributed by atoms with van der Waals surface area (Å²) < 4.78 is 20.0. The second kappa shape index (κ2) is 4.44. The molecule has 3 heteroatoms. The number of oxazole rings is 1. The maximum absolute atomic E-state index is 14.2. The molecule has 0 aliphatic carbocycles. The van der Waals surface area contributed by atoms with Crippen LogP contribution in [0.2, 0.25) is 0 Å². The fraction of sp³-hybridized carbons (Fsp3) is 0.235. The molecule has 0 radical (unpaired) electrons. The van der Waals surface area contributed by atoms with E-state index in [1.54, 1.807) is 6.07 Å². The van der Waals surface area contributed by atoms with Gasteiger partial charge in [0.2, 0.25) is 5.89 Å². The largest absolute Gasteiger partial charge is 0.436 e. The average molecular weight is 269 g/mol. The van der Waals surface area contributed by atoms with Gasteiger partial charge in [0, 0.05) is 11.1 Å². The van der Waals surface area contributed by atoms with Crippen molar-refractivity contribution in [1.82, 2.24) is 4.98 Å². The second-order valence-corrected chi connectivity index (χ2v) is 5.90. The summed E-state index contributed by atoms with van der Waals surface area (Å²) in [5.41, 5.74) is 2.53. The van der Waals surface area contributed by atoms with Gasteiger partial charge < -0.3 is 4.42 Å². The summed E-state index contributed by atoms with van der Waals surface area (Å²) in [6.45, 7) is 5.95. The highest BCUT2D eigenvalue weighted by atomic mass is 19.1. The zero-order valence-corrected chi connectivity index (χ0v) is 11.8. The van der Waals surface area contributed by atoms with Crippen LogP contribution >= 0.6 is 0 Å². The van der Waals surface area contributed by atoms with Crippen molar-refractivity contribution in [1.29, 1.82) is 0 Å². The monoisotopic (exact) mass is 269 g/mol. The Morgan fingerprint density at radius 3 is 2.45 bits per heavy atom. The number of para-hydroxylation sites is 2. The van der Waals surface area contributed by atoms with Crippen LogP contribution < -0.4 is 0 Å². The number of aromatic nitrogens is 1. The van der Waals surface area contributed by atoms with Gasteiger partial charge in [-0.2, -0.15) is 0 Å². The summed E-state index contributed by atoms with van der Waals surface area (Å²) >= 11 is 0. The predicted octanol–water partition coefficient (Wildman–Crippen LogP) is 4.93. The standard InChI is InChI=1S/C17H16FNO/c1-17(2,3)15-11(7-6-8-12(15)18)16-19-13-9-4-5-10-14(13)20-16/h4-10H,1-3H3. The van der Waals surface area contributed by atoms with Gasteiger partial charge in [-0.1, -0.05) is 39.0 Å². The number of hydrogen-bond acceptors (Lipinski definition) is 2. The van der Waals surface area contributed by atoms with Gasteiger partial charge in [-0.15, -0.1) is 0 Å². The normalized spacial score (nSPS) is 12.0. The lowest BCUT2D eigenvalue weighted by molar-refractivity contribution is 0.520. The Hall–Kier alpha value is -2.16. The molecule has 0 bridgehead atoms. The Kier molecular flexibility index (Phi) is 2.85. The number of benzene rings is 2. The number of rotatable bonds is 1. The first-order valence-electron chi connectivity index (χ1n) is 6.62. The highest BCUT2D eigenvalue weighted by Crippen LogP contribution is 2.35. The minimum atomic E-state index is -0.318. The lowest BCUT2D eigenvalue weighted by Crippen LogP contribution is -2.15. The van der Waals surface area contributed by atoms with Crippen LogP contribution in [0.1, 0.15) is 26.3 Å². The number of hydrogen-bond donors (Lipinski definition) is 0. The summed E-state index contributed by atoms with van der Waals surface area (Å²) in [6, 6.07) is 12.6. The fourth-order valence-corrected chi connectivity index (χ4v) is 2.45. The van der Waals surface area contributed by atoms with Gasteiger partial charge in [0.05, 0.1) is 0 Å². The van der Waals surface area contributed by atoms with Crippen LogP contribution in [0.25, 0.3) is 22.6 Å². The molecule has 0 aliphatic heterocycles. The third-order valence-corrected chi connectivity index (χ3v) is 3.29. The Labute approximate surface area is 117 Å². The van der Waals surface area contributed by atoms with Gasteiger partial charge in [0.1, 0.15) is 11.3 Å². The van der Waals surface area contributed by atoms with Gasteiger partial charge in [0.25, 0.3) is 0 Å². The Balaban J connectivity index is 2.26. The molecule has 0 saturated carbocycles. The average Bonchev–Trinajstić information content (AvgIpc) is 2.80. The topological polar surface area (TPSA) is 26.0 Å². The molecular formula is C17H16FNO. The molecule has 0 amide bonds. The first-order valence-corrected chi connectivity index (χ1v) is 6.62. The molecule has 0 atom stereocenters. The smallest absolute Gasteiger partial charge is 0.227 e. The van der Waals surface area contributed by atoms with E-state index in [0.717, 1.165) is 5.52 Å².